The van der Waals surface area contributed by atoms with Crippen molar-refractivity contribution in [2.45, 2.75) is 19.4 Å². The number of aryl methyl sites for hydroxylation is 1. The highest BCUT2D eigenvalue weighted by atomic mass is 15.1. The van der Waals surface area contributed by atoms with E-state index in [-0.39, 0.29) is 0 Å². The van der Waals surface area contributed by atoms with Gasteiger partial charge >= 0.3 is 0 Å². The number of aromatic amines is 2. The zero-order valence-electron chi connectivity index (χ0n) is 14.2. The van der Waals surface area contributed by atoms with E-state index in [0.29, 0.717) is 6.04 Å². The van der Waals surface area contributed by atoms with E-state index in [1.165, 1.54) is 10.9 Å². The van der Waals surface area contributed by atoms with Crippen molar-refractivity contribution in [3.05, 3.63) is 48.0 Å². The molecule has 0 radical (unpaired) electrons. The van der Waals surface area contributed by atoms with Gasteiger partial charge in [0.2, 0.25) is 0 Å². The highest BCUT2D eigenvalue weighted by molar-refractivity contribution is 5.97. The topological polar surface area (TPSA) is 68.5 Å². The van der Waals surface area contributed by atoms with Crippen LogP contribution in [0.4, 0.5) is 5.69 Å². The summed E-state index contributed by atoms with van der Waals surface area (Å²) in [4.78, 5) is 3.51. The van der Waals surface area contributed by atoms with E-state index in [1.54, 1.807) is 0 Å². The predicted molar refractivity (Wildman–Crippen MR) is 103 cm³/mol. The zero-order chi connectivity index (χ0) is 16.8. The number of hydrogen-bond acceptors (Lipinski definition) is 3. The number of fused-ring (bicyclic) bond motifs is 2. The third-order valence-corrected chi connectivity index (χ3v) is 5.03. The second kappa shape index (κ2) is 5.63. The lowest BCUT2D eigenvalue weighted by Crippen LogP contribution is -2.21. The molecular weight excluding hydrogens is 310 g/mol. The van der Waals surface area contributed by atoms with Crippen molar-refractivity contribution in [2.75, 3.05) is 18.4 Å². The number of benzene rings is 2. The molecule has 1 saturated heterocycles. The molecule has 126 valence electrons. The molecule has 5 nitrogen and oxygen atoms in total. The summed E-state index contributed by atoms with van der Waals surface area (Å²) in [5, 5.41) is 17.1. The van der Waals surface area contributed by atoms with Crippen LogP contribution in [0.5, 0.6) is 0 Å². The fourth-order valence-corrected chi connectivity index (χ4v) is 3.69. The molecule has 5 heteroatoms. The summed E-state index contributed by atoms with van der Waals surface area (Å²) >= 11 is 0. The fourth-order valence-electron chi connectivity index (χ4n) is 3.69. The van der Waals surface area contributed by atoms with Crippen molar-refractivity contribution in [2.24, 2.45) is 0 Å². The van der Waals surface area contributed by atoms with Crippen LogP contribution in [0, 0.1) is 6.92 Å². The Bertz CT molecular complexity index is 1050. The van der Waals surface area contributed by atoms with Gasteiger partial charge in [0.15, 0.2) is 0 Å². The molecule has 0 amide bonds. The van der Waals surface area contributed by atoms with E-state index >= 15 is 0 Å². The van der Waals surface area contributed by atoms with Crippen LogP contribution in [0.15, 0.2) is 42.5 Å². The summed E-state index contributed by atoms with van der Waals surface area (Å²) in [5.41, 5.74) is 6.63. The van der Waals surface area contributed by atoms with Crippen LogP contribution in [0.1, 0.15) is 12.0 Å². The molecule has 0 unspecified atom stereocenters. The van der Waals surface area contributed by atoms with Gasteiger partial charge in [0.05, 0.1) is 11.2 Å². The van der Waals surface area contributed by atoms with Crippen molar-refractivity contribution in [3.8, 4) is 11.4 Å². The molecular formula is C20H21N5. The quantitative estimate of drug-likeness (QED) is 0.462. The zero-order valence-corrected chi connectivity index (χ0v) is 14.2. The maximum atomic E-state index is 4.56. The average Bonchev–Trinajstić information content (AvgIpc) is 3.32. The fraction of sp³-hybridized carbons (Fsp3) is 0.250. The first kappa shape index (κ1) is 14.5. The third kappa shape index (κ3) is 2.57. The van der Waals surface area contributed by atoms with Crippen molar-refractivity contribution >= 4 is 27.5 Å². The van der Waals surface area contributed by atoms with Crippen LogP contribution in [0.3, 0.4) is 0 Å². The van der Waals surface area contributed by atoms with Crippen LogP contribution in [0.2, 0.25) is 0 Å². The van der Waals surface area contributed by atoms with E-state index < -0.39 is 0 Å². The first-order valence-corrected chi connectivity index (χ1v) is 8.81. The van der Waals surface area contributed by atoms with E-state index in [0.717, 1.165) is 53.0 Å². The number of H-pyrrole nitrogens is 2. The number of hydrogen-bond donors (Lipinski definition) is 4. The Balaban J connectivity index is 1.57. The van der Waals surface area contributed by atoms with E-state index in [2.05, 4.69) is 75.2 Å². The van der Waals surface area contributed by atoms with Gasteiger partial charge in [-0.2, -0.15) is 5.10 Å². The molecule has 2 aromatic carbocycles. The van der Waals surface area contributed by atoms with Crippen molar-refractivity contribution in [1.82, 2.24) is 20.5 Å². The molecule has 5 rings (SSSR count). The summed E-state index contributed by atoms with van der Waals surface area (Å²) in [6.45, 7) is 4.22. The minimum Gasteiger partial charge on any atom is -0.381 e. The van der Waals surface area contributed by atoms with Crippen LogP contribution < -0.4 is 10.6 Å². The van der Waals surface area contributed by atoms with Crippen molar-refractivity contribution in [3.63, 3.8) is 0 Å². The number of rotatable bonds is 3. The molecule has 1 atom stereocenters. The van der Waals surface area contributed by atoms with Crippen molar-refractivity contribution in [1.29, 1.82) is 0 Å². The monoisotopic (exact) mass is 331 g/mol. The molecule has 1 fully saturated rings. The third-order valence-electron chi connectivity index (χ3n) is 5.03. The van der Waals surface area contributed by atoms with Gasteiger partial charge in [-0.3, -0.25) is 5.10 Å². The van der Waals surface area contributed by atoms with Gasteiger partial charge in [-0.15, -0.1) is 0 Å². The van der Waals surface area contributed by atoms with E-state index in [1.807, 2.05) is 0 Å². The smallest absolute Gasteiger partial charge is 0.116 e. The molecule has 4 aromatic rings. The molecule has 0 bridgehead atoms. The lowest BCUT2D eigenvalue weighted by Gasteiger charge is -2.12. The van der Waals surface area contributed by atoms with Gasteiger partial charge in [-0.05, 0) is 55.8 Å². The molecule has 1 aliphatic heterocycles. The number of nitrogens with zero attached hydrogens (tertiary/aromatic N) is 1. The Kier molecular flexibility index (Phi) is 3.28. The highest BCUT2D eigenvalue weighted by Crippen LogP contribution is 2.30. The Morgan fingerprint density at radius 1 is 1.08 bits per heavy atom. The van der Waals surface area contributed by atoms with Crippen LogP contribution in [-0.2, 0) is 0 Å². The Morgan fingerprint density at radius 2 is 2.04 bits per heavy atom. The maximum absolute atomic E-state index is 4.56. The molecule has 3 heterocycles. The molecule has 2 aromatic heterocycles. The van der Waals surface area contributed by atoms with Gasteiger partial charge in [-0.25, -0.2) is 0 Å². The second-order valence-corrected chi connectivity index (χ2v) is 6.94. The summed E-state index contributed by atoms with van der Waals surface area (Å²) in [5.74, 6) is 0. The second-order valence-electron chi connectivity index (χ2n) is 6.94. The number of nitrogens with one attached hydrogen (secondary N) is 4. The lowest BCUT2D eigenvalue weighted by molar-refractivity contribution is 0.793. The Hall–Kier alpha value is -2.79. The number of aromatic nitrogens is 3. The predicted octanol–water partition coefficient (Wildman–Crippen LogP) is 3.79. The minimum absolute atomic E-state index is 0.504. The molecule has 0 saturated carbocycles. The summed E-state index contributed by atoms with van der Waals surface area (Å²) in [6.07, 6.45) is 1.16. The lowest BCUT2D eigenvalue weighted by atomic mass is 10.1. The van der Waals surface area contributed by atoms with Crippen LogP contribution in [0.25, 0.3) is 33.2 Å². The SMILES string of the molecule is Cc1ccc2cc(-c3n[nH]c4ccc(N[C@H]5CCNC5)cc34)[nH]c2c1. The standard InChI is InChI=1S/C20H21N5/c1-12-2-3-13-9-19(23-18(13)8-12)20-16-10-14(4-5-17(16)24-25-20)22-15-6-7-21-11-15/h2-5,8-10,15,21-23H,6-7,11H2,1H3,(H,24,25)/t15-/m0/s1. The van der Waals surface area contributed by atoms with E-state index in [9.17, 15) is 0 Å². The highest BCUT2D eigenvalue weighted by Gasteiger charge is 2.15. The Morgan fingerprint density at radius 3 is 2.92 bits per heavy atom. The first-order valence-electron chi connectivity index (χ1n) is 8.81. The first-order chi connectivity index (χ1) is 12.3. The largest absolute Gasteiger partial charge is 0.381 e. The van der Waals surface area contributed by atoms with E-state index in [4.69, 9.17) is 0 Å². The summed E-state index contributed by atoms with van der Waals surface area (Å²) in [6, 6.07) is 15.6. The van der Waals surface area contributed by atoms with Crippen LogP contribution in [-0.4, -0.2) is 34.3 Å². The summed E-state index contributed by atoms with van der Waals surface area (Å²) < 4.78 is 0. The van der Waals surface area contributed by atoms with Gasteiger partial charge < -0.3 is 15.6 Å². The molecule has 1 aliphatic rings. The maximum Gasteiger partial charge on any atom is 0.116 e. The molecule has 0 spiro atoms. The normalized spacial score (nSPS) is 17.6. The average molecular weight is 331 g/mol. The minimum atomic E-state index is 0.504. The molecule has 25 heavy (non-hydrogen) atoms. The van der Waals surface area contributed by atoms with Gasteiger partial charge in [-0.1, -0.05) is 12.1 Å². The summed E-state index contributed by atoms with van der Waals surface area (Å²) in [7, 11) is 0. The molecule has 4 N–H and O–H groups in total. The number of anilines is 1. The van der Waals surface area contributed by atoms with Gasteiger partial charge in [0, 0.05) is 34.6 Å². The van der Waals surface area contributed by atoms with Crippen molar-refractivity contribution < 1.29 is 0 Å². The van der Waals surface area contributed by atoms with Gasteiger partial charge in [0.1, 0.15) is 5.69 Å². The van der Waals surface area contributed by atoms with Crippen LogP contribution >= 0.6 is 0 Å². The molecule has 0 aliphatic carbocycles. The Labute approximate surface area is 145 Å². The van der Waals surface area contributed by atoms with Gasteiger partial charge in [0.25, 0.3) is 0 Å².